The van der Waals surface area contributed by atoms with E-state index in [1.54, 1.807) is 0 Å². The molecule has 0 radical (unpaired) electrons. The summed E-state index contributed by atoms with van der Waals surface area (Å²) >= 11 is 0. The van der Waals surface area contributed by atoms with E-state index in [1.807, 2.05) is 35.8 Å². The molecule has 6 aliphatic carbocycles. The lowest BCUT2D eigenvalue weighted by atomic mass is 9.68. The highest BCUT2D eigenvalue weighted by Gasteiger charge is 2.59. The fourth-order valence-corrected chi connectivity index (χ4v) is 15.5. The van der Waals surface area contributed by atoms with Gasteiger partial charge in [0.25, 0.3) is 0 Å². The molecule has 0 spiro atoms. The van der Waals surface area contributed by atoms with Crippen LogP contribution in [-0.4, -0.2) is 103 Å². The van der Waals surface area contributed by atoms with E-state index in [-0.39, 0.29) is 59.4 Å². The maximum absolute atomic E-state index is 14.4. The van der Waals surface area contributed by atoms with Crippen LogP contribution >= 0.6 is 0 Å². The Balaban J connectivity index is 0.733. The number of amides is 4. The number of piperidine rings is 2. The number of nitrogens with one attached hydrogen (secondary N) is 4. The van der Waals surface area contributed by atoms with Crippen molar-refractivity contribution in [3.63, 3.8) is 0 Å². The van der Waals surface area contributed by atoms with Gasteiger partial charge in [-0.2, -0.15) is 26.3 Å². The molecule has 4 amide bonds. The highest BCUT2D eigenvalue weighted by atomic mass is 19.4. The number of carbonyl (C=O) groups excluding carboxylic acids is 4. The van der Waals surface area contributed by atoms with Gasteiger partial charge >= 0.3 is 24.5 Å². The Bertz CT molecular complexity index is 3230. The third-order valence-corrected chi connectivity index (χ3v) is 19.1. The van der Waals surface area contributed by atoms with Gasteiger partial charge in [-0.15, -0.1) is 0 Å². The lowest BCUT2D eigenvalue weighted by Crippen LogP contribution is -2.63. The number of halogens is 6. The maximum Gasteiger partial charge on any atom is 0.422 e. The number of alkyl halides is 6. The van der Waals surface area contributed by atoms with Crippen LogP contribution in [0.1, 0.15) is 111 Å². The lowest BCUT2D eigenvalue weighted by Gasteiger charge is -2.49. The topological polar surface area (TPSA) is 175 Å². The van der Waals surface area contributed by atoms with Crippen molar-refractivity contribution in [3.8, 4) is 22.3 Å². The van der Waals surface area contributed by atoms with Crippen molar-refractivity contribution in [1.82, 2.24) is 40.4 Å². The number of aryl methyl sites for hydroxylation is 4. The fraction of sp³-hybridized carbons (Fsp3) is 0.500. The average molecular weight is 1110 g/mol. The van der Waals surface area contributed by atoms with Crippen LogP contribution in [0.3, 0.4) is 0 Å². The van der Waals surface area contributed by atoms with Gasteiger partial charge in [0.05, 0.1) is 34.2 Å². The number of imidazole rings is 2. The molecule has 12 atom stereocenters. The monoisotopic (exact) mass is 1100 g/mol. The number of fused-ring (bicyclic) bond motifs is 2. The fourth-order valence-electron chi connectivity index (χ4n) is 15.5. The molecule has 6 aromatic rings. The molecule has 10 aliphatic rings. The first kappa shape index (κ1) is 52.3. The van der Waals surface area contributed by atoms with Crippen LogP contribution in [0.15, 0.2) is 72.8 Å². The molecule has 20 heteroatoms. The van der Waals surface area contributed by atoms with Gasteiger partial charge in [-0.1, -0.05) is 75.2 Å². The van der Waals surface area contributed by atoms with E-state index in [1.165, 1.54) is 22.3 Å². The summed E-state index contributed by atoms with van der Waals surface area (Å²) in [5.74, 6) is 0.664. The molecule has 4 saturated heterocycles. The number of rotatable bonds is 8. The Labute approximate surface area is 457 Å². The van der Waals surface area contributed by atoms with Crippen LogP contribution < -0.4 is 10.6 Å². The summed E-state index contributed by atoms with van der Waals surface area (Å²) < 4.78 is 86.4. The molecule has 2 saturated carbocycles. The van der Waals surface area contributed by atoms with Crippen molar-refractivity contribution in [3.05, 3.63) is 107 Å². The molecule has 14 nitrogen and oxygen atoms in total. The first-order chi connectivity index (χ1) is 38.3. The minimum Gasteiger partial charge on any atom is -0.440 e. The van der Waals surface area contributed by atoms with Gasteiger partial charge in [0.1, 0.15) is 23.7 Å². The third-order valence-electron chi connectivity index (χ3n) is 19.1. The predicted molar refractivity (Wildman–Crippen MR) is 283 cm³/mol. The molecule has 4 aromatic carbocycles. The highest BCUT2D eigenvalue weighted by molar-refractivity contribution is 5.90. The number of aromatic nitrogens is 4. The van der Waals surface area contributed by atoms with Crippen molar-refractivity contribution in [2.75, 3.05) is 13.2 Å². The van der Waals surface area contributed by atoms with E-state index in [9.17, 15) is 45.5 Å². The molecule has 4 aliphatic heterocycles. The number of ether oxygens (including phenoxy) is 2. The number of nitrogens with zero attached hydrogens (tertiary/aromatic N) is 4. The molecule has 4 bridgehead atoms. The molecule has 4 N–H and O–H groups in total. The van der Waals surface area contributed by atoms with Crippen molar-refractivity contribution in [2.45, 2.75) is 140 Å². The Morgan fingerprint density at radius 2 is 1.01 bits per heavy atom. The number of carbonyl (C=O) groups is 4. The normalized spacial score (nSPS) is 29.1. The molecule has 420 valence electrons. The number of benzene rings is 4. The van der Waals surface area contributed by atoms with E-state index < -0.39 is 61.9 Å². The number of aromatic amines is 2. The van der Waals surface area contributed by atoms with Gasteiger partial charge in [-0.05, 0) is 168 Å². The van der Waals surface area contributed by atoms with Crippen LogP contribution in [-0.2, 0) is 44.7 Å². The van der Waals surface area contributed by atoms with Gasteiger partial charge in [-0.25, -0.2) is 19.6 Å². The van der Waals surface area contributed by atoms with Gasteiger partial charge in [-0.3, -0.25) is 9.59 Å². The number of alkyl carbamates (subject to hydrolysis) is 2. The first-order valence-electron chi connectivity index (χ1n) is 28.2. The van der Waals surface area contributed by atoms with Gasteiger partial charge in [0.2, 0.25) is 11.8 Å². The highest BCUT2D eigenvalue weighted by Crippen LogP contribution is 2.55. The average Bonchev–Trinajstić information content (AvgIpc) is 4.34. The van der Waals surface area contributed by atoms with Crippen molar-refractivity contribution in [2.24, 2.45) is 35.5 Å². The van der Waals surface area contributed by atoms with Gasteiger partial charge in [0, 0.05) is 12.1 Å². The molecule has 16 rings (SSSR count). The van der Waals surface area contributed by atoms with Crippen molar-refractivity contribution in [1.29, 1.82) is 0 Å². The Morgan fingerprint density at radius 3 is 1.43 bits per heavy atom. The second-order valence-corrected chi connectivity index (χ2v) is 23.7. The standard InChI is InChI=1S/C60H62F6N8O6/c1-29-39-7-3-5-37-25-47(73(51(37)39)55(75)49(29)71-57(77)79-27-59(61,62)63)53-67-43-19-17-35(23-45(43)69-53)41-21-31-9-13-33(41)15-11-32-10-14-34(16-12-31)42(22-32)36-18-20-44-46(24-36)70-54(68-44)48-26-38-6-4-8-40-30(2)50(56(76)74(48)52(38)40)72-58(78)80-28-60(64,65)66/h9-10,13-14,17-24,29-30,37-40,47-52H,3-8,11-12,15-16,25-28H2,1-2H3,(H,67,69)(H,68,70)(H,71,77)(H,72,78)/t29?,30?,37-,38-,39?,40?,47-,48-,49-,50-,51+,52+/m0/s1. The SMILES string of the molecule is CC1C2CCC[C@H]3C[C@@H](c4nc5cc(-c6cc7ccc6CCc6ccc(c(-c8ccc9[nH]c([C@@H]%10C[C@@H]%11CCCC%12C(C)[C@H](NC(=O)OCC(F)(F)F)C(=O)N%10[C@@H]%12%11)nc9c8)c6)CC7)ccc5[nH]4)N(C(=O)[C@H]1NC(=O)OCC(F)(F)F)[C@@H]23. The smallest absolute Gasteiger partial charge is 0.422 e. The summed E-state index contributed by atoms with van der Waals surface area (Å²) in [6.07, 6.45) is -1.92. The summed E-state index contributed by atoms with van der Waals surface area (Å²) in [6.45, 7) is 0.314. The number of H-pyrrole nitrogens is 2. The Kier molecular flexibility index (Phi) is 13.0. The van der Waals surface area contributed by atoms with E-state index in [4.69, 9.17) is 9.97 Å². The van der Waals surface area contributed by atoms with Crippen LogP contribution in [0.4, 0.5) is 35.9 Å². The second kappa shape index (κ2) is 19.8. The lowest BCUT2D eigenvalue weighted by molar-refractivity contribution is -0.162. The number of hydrogen-bond acceptors (Lipinski definition) is 8. The minimum absolute atomic E-state index is 0.0594. The molecule has 6 fully saturated rings. The summed E-state index contributed by atoms with van der Waals surface area (Å²) in [4.78, 5) is 74.9. The zero-order valence-corrected chi connectivity index (χ0v) is 44.3. The molecule has 80 heavy (non-hydrogen) atoms. The van der Waals surface area contributed by atoms with Crippen LogP contribution in [0.2, 0.25) is 0 Å². The molecule has 2 aromatic heterocycles. The first-order valence-corrected chi connectivity index (χ1v) is 28.2. The zero-order chi connectivity index (χ0) is 55.5. The maximum atomic E-state index is 14.4. The van der Waals surface area contributed by atoms with E-state index >= 15 is 0 Å². The van der Waals surface area contributed by atoms with Crippen LogP contribution in [0.25, 0.3) is 44.3 Å². The predicted octanol–water partition coefficient (Wildman–Crippen LogP) is 11.4. The van der Waals surface area contributed by atoms with Crippen molar-refractivity contribution < 1.29 is 55.0 Å². The summed E-state index contributed by atoms with van der Waals surface area (Å²) in [7, 11) is 0. The van der Waals surface area contributed by atoms with E-state index in [2.05, 4.69) is 90.7 Å². The van der Waals surface area contributed by atoms with Gasteiger partial charge < -0.3 is 39.9 Å². The zero-order valence-electron chi connectivity index (χ0n) is 44.3. The Hall–Kier alpha value is -7.12. The molecular weight excluding hydrogens is 1040 g/mol. The van der Waals surface area contributed by atoms with Crippen molar-refractivity contribution >= 4 is 46.1 Å². The summed E-state index contributed by atoms with van der Waals surface area (Å²) in [5, 5.41) is 4.99. The van der Waals surface area contributed by atoms with Gasteiger partial charge in [0.15, 0.2) is 13.2 Å². The molecule has 6 heterocycles. The van der Waals surface area contributed by atoms with Crippen LogP contribution in [0.5, 0.6) is 0 Å². The van der Waals surface area contributed by atoms with Crippen LogP contribution in [0, 0.1) is 35.5 Å². The third kappa shape index (κ3) is 9.50. The Morgan fingerprint density at radius 1 is 0.588 bits per heavy atom. The number of hydrogen-bond donors (Lipinski definition) is 4. The summed E-state index contributed by atoms with van der Waals surface area (Å²) in [6, 6.07) is 22.9. The second-order valence-electron chi connectivity index (χ2n) is 23.7. The van der Waals surface area contributed by atoms with E-state index in [0.717, 1.165) is 109 Å². The molecular formula is C60H62F6N8O6. The summed E-state index contributed by atoms with van der Waals surface area (Å²) in [5.41, 5.74) is 12.2. The molecule has 4 unspecified atom stereocenters. The van der Waals surface area contributed by atoms with E-state index in [0.29, 0.717) is 24.5 Å². The largest absolute Gasteiger partial charge is 0.440 e. The quantitative estimate of drug-likeness (QED) is 0.109. The minimum atomic E-state index is -4.69.